The number of H-pyrrole nitrogens is 1. The Bertz CT molecular complexity index is 878. The Morgan fingerprint density at radius 1 is 1.22 bits per heavy atom. The van der Waals surface area contributed by atoms with Crippen molar-refractivity contribution in [1.29, 1.82) is 0 Å². The van der Waals surface area contributed by atoms with Crippen LogP contribution in [0.25, 0.3) is 0 Å². The Hall–Kier alpha value is -2.16. The Kier molecular flexibility index (Phi) is 5.98. The number of aryl methyl sites for hydroxylation is 1. The van der Waals surface area contributed by atoms with Crippen LogP contribution in [0.4, 0.5) is 5.82 Å². The SMILES string of the molecule is COc1ccc(C)cc1[C@@H](C)Nc1ccc(S(=O)(=O)N2CCOCC2)c[nH+]1. The zero-order chi connectivity index (χ0) is 19.4. The van der Waals surface area contributed by atoms with Crippen molar-refractivity contribution in [1.82, 2.24) is 4.31 Å². The van der Waals surface area contributed by atoms with Crippen LogP contribution in [0.5, 0.6) is 5.75 Å². The molecule has 0 unspecified atom stereocenters. The second-order valence-electron chi connectivity index (χ2n) is 6.57. The highest BCUT2D eigenvalue weighted by atomic mass is 32.2. The summed E-state index contributed by atoms with van der Waals surface area (Å²) >= 11 is 0. The molecule has 1 aromatic heterocycles. The number of nitrogens with zero attached hydrogens (tertiary/aromatic N) is 1. The third-order valence-electron chi connectivity index (χ3n) is 4.62. The van der Waals surface area contributed by atoms with E-state index in [0.717, 1.165) is 22.7 Å². The maximum atomic E-state index is 12.7. The van der Waals surface area contributed by atoms with E-state index in [0.29, 0.717) is 26.3 Å². The predicted molar refractivity (Wildman–Crippen MR) is 102 cm³/mol. The van der Waals surface area contributed by atoms with Gasteiger partial charge in [-0.1, -0.05) is 11.6 Å². The van der Waals surface area contributed by atoms with Gasteiger partial charge in [0.2, 0.25) is 10.0 Å². The van der Waals surface area contributed by atoms with Gasteiger partial charge < -0.3 is 9.47 Å². The number of nitrogens with one attached hydrogen (secondary N) is 2. The number of sulfonamides is 1. The molecule has 8 heteroatoms. The van der Waals surface area contributed by atoms with E-state index in [-0.39, 0.29) is 10.9 Å². The van der Waals surface area contributed by atoms with Gasteiger partial charge in [-0.25, -0.2) is 13.4 Å². The second-order valence-corrected chi connectivity index (χ2v) is 8.50. The second kappa shape index (κ2) is 8.24. The minimum atomic E-state index is -3.50. The Morgan fingerprint density at radius 2 is 1.96 bits per heavy atom. The minimum Gasteiger partial charge on any atom is -0.496 e. The zero-order valence-electron chi connectivity index (χ0n) is 15.9. The number of ether oxygens (including phenoxy) is 2. The van der Waals surface area contributed by atoms with Gasteiger partial charge in [0.1, 0.15) is 22.9 Å². The van der Waals surface area contributed by atoms with Crippen LogP contribution in [0.1, 0.15) is 24.1 Å². The highest BCUT2D eigenvalue weighted by Gasteiger charge is 2.27. The first-order chi connectivity index (χ1) is 12.9. The van der Waals surface area contributed by atoms with Gasteiger partial charge in [0.25, 0.3) is 5.82 Å². The monoisotopic (exact) mass is 392 g/mol. The maximum absolute atomic E-state index is 12.7. The smallest absolute Gasteiger partial charge is 0.272 e. The van der Waals surface area contributed by atoms with Crippen LogP contribution < -0.4 is 15.0 Å². The Balaban J connectivity index is 1.75. The lowest BCUT2D eigenvalue weighted by Crippen LogP contribution is -2.40. The van der Waals surface area contributed by atoms with E-state index < -0.39 is 10.0 Å². The van der Waals surface area contributed by atoms with Gasteiger partial charge in [0.15, 0.2) is 0 Å². The molecule has 27 heavy (non-hydrogen) atoms. The summed E-state index contributed by atoms with van der Waals surface area (Å²) in [5.74, 6) is 1.54. The number of morpholine rings is 1. The van der Waals surface area contributed by atoms with E-state index in [1.807, 2.05) is 26.0 Å². The summed E-state index contributed by atoms with van der Waals surface area (Å²) in [6.45, 7) is 5.69. The molecule has 0 aliphatic carbocycles. The quantitative estimate of drug-likeness (QED) is 0.813. The lowest BCUT2D eigenvalue weighted by atomic mass is 10.0. The number of aromatic nitrogens is 1. The van der Waals surface area contributed by atoms with Crippen molar-refractivity contribution in [3.8, 4) is 5.75 Å². The summed E-state index contributed by atoms with van der Waals surface area (Å²) in [7, 11) is -1.85. The first-order valence-corrected chi connectivity index (χ1v) is 10.4. The third kappa shape index (κ3) is 4.40. The van der Waals surface area contributed by atoms with Crippen molar-refractivity contribution in [3.05, 3.63) is 47.7 Å². The highest BCUT2D eigenvalue weighted by molar-refractivity contribution is 7.89. The van der Waals surface area contributed by atoms with Gasteiger partial charge in [0, 0.05) is 24.7 Å². The fraction of sp³-hybridized carbons (Fsp3) is 0.421. The summed E-state index contributed by atoms with van der Waals surface area (Å²) < 4.78 is 37.5. The number of aromatic amines is 1. The zero-order valence-corrected chi connectivity index (χ0v) is 16.7. The average molecular weight is 393 g/mol. The number of hydrogen-bond acceptors (Lipinski definition) is 5. The molecule has 0 amide bonds. The average Bonchev–Trinajstić information content (AvgIpc) is 2.69. The molecular weight excluding hydrogens is 366 g/mol. The van der Waals surface area contributed by atoms with Crippen LogP contribution in [0.2, 0.25) is 0 Å². The van der Waals surface area contributed by atoms with E-state index >= 15 is 0 Å². The third-order valence-corrected chi connectivity index (χ3v) is 6.51. The Morgan fingerprint density at radius 3 is 2.59 bits per heavy atom. The summed E-state index contributed by atoms with van der Waals surface area (Å²) in [4.78, 5) is 3.29. The fourth-order valence-corrected chi connectivity index (χ4v) is 4.48. The van der Waals surface area contributed by atoms with E-state index in [1.54, 1.807) is 19.2 Å². The molecule has 1 atom stereocenters. The van der Waals surface area contributed by atoms with E-state index in [1.165, 1.54) is 10.5 Å². The van der Waals surface area contributed by atoms with Crippen molar-refractivity contribution in [2.75, 3.05) is 38.7 Å². The van der Waals surface area contributed by atoms with Crippen molar-refractivity contribution in [2.24, 2.45) is 0 Å². The first kappa shape index (κ1) is 19.6. The molecule has 1 aliphatic rings. The molecule has 2 heterocycles. The van der Waals surface area contributed by atoms with Gasteiger partial charge in [0.05, 0.1) is 20.3 Å². The van der Waals surface area contributed by atoms with E-state index in [4.69, 9.17) is 9.47 Å². The number of methoxy groups -OCH3 is 1. The standard InChI is InChI=1S/C19H25N3O4S/c1-14-4-6-18(25-3)17(12-14)15(2)21-19-7-5-16(13-20-19)27(23,24)22-8-10-26-11-9-22/h4-7,12-13,15H,8-11H2,1-3H3,(H,20,21)/p+1/t15-/m1/s1. The first-order valence-electron chi connectivity index (χ1n) is 8.92. The summed E-state index contributed by atoms with van der Waals surface area (Å²) in [5, 5.41) is 3.35. The largest absolute Gasteiger partial charge is 0.496 e. The van der Waals surface area contributed by atoms with Gasteiger partial charge >= 0.3 is 0 Å². The summed E-state index contributed by atoms with van der Waals surface area (Å²) in [6, 6.07) is 9.37. The molecule has 1 saturated heterocycles. The molecule has 0 spiro atoms. The fourth-order valence-electron chi connectivity index (χ4n) is 3.10. The van der Waals surface area contributed by atoms with Gasteiger partial charge in [-0.15, -0.1) is 0 Å². The highest BCUT2D eigenvalue weighted by Crippen LogP contribution is 2.28. The van der Waals surface area contributed by atoms with E-state index in [2.05, 4.69) is 16.4 Å². The number of pyridine rings is 1. The van der Waals surface area contributed by atoms with Crippen molar-refractivity contribution in [3.63, 3.8) is 0 Å². The lowest BCUT2D eigenvalue weighted by Gasteiger charge is -2.25. The van der Waals surface area contributed by atoms with E-state index in [9.17, 15) is 8.42 Å². The van der Waals surface area contributed by atoms with Crippen LogP contribution >= 0.6 is 0 Å². The summed E-state index contributed by atoms with van der Waals surface area (Å²) in [6.07, 6.45) is 1.52. The predicted octanol–water partition coefficient (Wildman–Crippen LogP) is 2.01. The molecule has 7 nitrogen and oxygen atoms in total. The van der Waals surface area contributed by atoms with Crippen LogP contribution in [0.15, 0.2) is 41.4 Å². The van der Waals surface area contributed by atoms with Gasteiger partial charge in [-0.3, -0.25) is 5.32 Å². The molecule has 0 saturated carbocycles. The molecule has 2 N–H and O–H groups in total. The van der Waals surface area contributed by atoms with Crippen molar-refractivity contribution >= 4 is 15.8 Å². The molecule has 0 bridgehead atoms. The van der Waals surface area contributed by atoms with Crippen molar-refractivity contribution in [2.45, 2.75) is 24.8 Å². The number of benzene rings is 1. The molecule has 1 aliphatic heterocycles. The number of hydrogen-bond donors (Lipinski definition) is 1. The van der Waals surface area contributed by atoms with Crippen LogP contribution in [0, 0.1) is 6.92 Å². The maximum Gasteiger partial charge on any atom is 0.272 e. The molecule has 146 valence electrons. The molecule has 1 fully saturated rings. The minimum absolute atomic E-state index is 0.0159. The number of rotatable bonds is 6. The topological polar surface area (TPSA) is 82.0 Å². The van der Waals surface area contributed by atoms with Gasteiger partial charge in [-0.05, 0) is 32.0 Å². The van der Waals surface area contributed by atoms with Gasteiger partial charge in [-0.2, -0.15) is 4.31 Å². The molecular formula is C19H26N3O4S+. The molecule has 0 radical (unpaired) electrons. The number of anilines is 1. The molecule has 1 aromatic carbocycles. The summed E-state index contributed by atoms with van der Waals surface area (Å²) in [5.41, 5.74) is 2.19. The normalized spacial score (nSPS) is 16.7. The molecule has 2 aromatic rings. The lowest BCUT2D eigenvalue weighted by molar-refractivity contribution is -0.364. The molecule has 3 rings (SSSR count). The van der Waals surface area contributed by atoms with Crippen molar-refractivity contribution < 1.29 is 22.9 Å². The van der Waals surface area contributed by atoms with Crippen LogP contribution in [0.3, 0.4) is 0 Å². The van der Waals surface area contributed by atoms with Crippen LogP contribution in [-0.2, 0) is 14.8 Å². The Labute approximate surface area is 160 Å². The van der Waals surface area contributed by atoms with Crippen LogP contribution in [-0.4, -0.2) is 46.1 Å².